The Morgan fingerprint density at radius 1 is 1.40 bits per heavy atom. The minimum atomic E-state index is -1.33. The molecule has 2 atom stereocenters. The second-order valence-corrected chi connectivity index (χ2v) is 4.88. The van der Waals surface area contributed by atoms with Gasteiger partial charge in [0.25, 0.3) is 0 Å². The molecule has 0 aromatic heterocycles. The fourth-order valence-corrected chi connectivity index (χ4v) is 2.16. The number of halogens is 2. The van der Waals surface area contributed by atoms with Crippen LogP contribution in [0.4, 0.5) is 0 Å². The van der Waals surface area contributed by atoms with Crippen molar-refractivity contribution in [2.75, 3.05) is 6.61 Å². The van der Waals surface area contributed by atoms with Crippen molar-refractivity contribution in [2.24, 2.45) is 0 Å². The average Bonchev–Trinajstić information content (AvgIpc) is 2.35. The lowest BCUT2D eigenvalue weighted by Crippen LogP contribution is -2.45. The van der Waals surface area contributed by atoms with Crippen LogP contribution in [0.3, 0.4) is 0 Å². The SMILES string of the molecule is CCOC(=O)[C@@H](NC(C)=O)[C@@H](O)c1ccc(Cl)cc1Cl. The molecule has 110 valence electrons. The van der Waals surface area contributed by atoms with E-state index in [2.05, 4.69) is 5.32 Å². The molecule has 7 heteroatoms. The van der Waals surface area contributed by atoms with Crippen LogP contribution >= 0.6 is 23.2 Å². The van der Waals surface area contributed by atoms with Crippen molar-refractivity contribution in [2.45, 2.75) is 26.0 Å². The van der Waals surface area contributed by atoms with Gasteiger partial charge in [-0.15, -0.1) is 0 Å². The number of aliphatic hydroxyl groups excluding tert-OH is 1. The standard InChI is InChI=1S/C13H15Cl2NO4/c1-3-20-13(19)11(16-7(2)17)12(18)9-5-4-8(14)6-10(9)15/h4-6,11-12,18H,3H2,1-2H3,(H,16,17)/t11-,12-/m0/s1. The van der Waals surface area contributed by atoms with Crippen LogP contribution in [-0.2, 0) is 14.3 Å². The fourth-order valence-electron chi connectivity index (χ4n) is 1.64. The van der Waals surface area contributed by atoms with E-state index in [4.69, 9.17) is 27.9 Å². The molecule has 0 aliphatic carbocycles. The number of benzene rings is 1. The van der Waals surface area contributed by atoms with E-state index in [0.717, 1.165) is 0 Å². The maximum absolute atomic E-state index is 11.8. The molecular formula is C13H15Cl2NO4. The van der Waals surface area contributed by atoms with Gasteiger partial charge in [-0.2, -0.15) is 0 Å². The van der Waals surface area contributed by atoms with E-state index in [1.807, 2.05) is 0 Å². The predicted molar refractivity (Wildman–Crippen MR) is 75.7 cm³/mol. The molecule has 1 amide bonds. The first-order valence-corrected chi connectivity index (χ1v) is 6.69. The van der Waals surface area contributed by atoms with Crippen molar-refractivity contribution in [3.63, 3.8) is 0 Å². The number of amides is 1. The second-order valence-electron chi connectivity index (χ2n) is 4.04. The van der Waals surface area contributed by atoms with E-state index in [9.17, 15) is 14.7 Å². The summed E-state index contributed by atoms with van der Waals surface area (Å²) in [5.41, 5.74) is 0.280. The molecule has 0 spiro atoms. The summed E-state index contributed by atoms with van der Waals surface area (Å²) in [6.07, 6.45) is -1.33. The molecule has 0 aliphatic rings. The summed E-state index contributed by atoms with van der Waals surface area (Å²) in [5, 5.41) is 13.2. The topological polar surface area (TPSA) is 75.6 Å². The Kier molecular flexibility index (Phi) is 6.26. The van der Waals surface area contributed by atoms with Gasteiger partial charge in [0.2, 0.25) is 5.91 Å². The van der Waals surface area contributed by atoms with Crippen molar-refractivity contribution in [1.29, 1.82) is 0 Å². The minimum absolute atomic E-state index is 0.135. The number of carbonyl (C=O) groups is 2. The summed E-state index contributed by atoms with van der Waals surface area (Å²) in [6.45, 7) is 3.00. The molecule has 0 radical (unpaired) electrons. The molecular weight excluding hydrogens is 305 g/mol. The third-order valence-electron chi connectivity index (χ3n) is 2.50. The zero-order valence-electron chi connectivity index (χ0n) is 11.0. The van der Waals surface area contributed by atoms with Crippen LogP contribution in [0, 0.1) is 0 Å². The van der Waals surface area contributed by atoms with Crippen molar-refractivity contribution < 1.29 is 19.4 Å². The lowest BCUT2D eigenvalue weighted by atomic mass is 10.0. The molecule has 0 unspecified atom stereocenters. The van der Waals surface area contributed by atoms with E-state index in [1.165, 1.54) is 25.1 Å². The van der Waals surface area contributed by atoms with E-state index in [1.54, 1.807) is 6.92 Å². The maximum Gasteiger partial charge on any atom is 0.331 e. The molecule has 0 heterocycles. The smallest absolute Gasteiger partial charge is 0.331 e. The first-order chi connectivity index (χ1) is 9.36. The molecule has 1 rings (SSSR count). The number of hydrogen-bond donors (Lipinski definition) is 2. The summed E-state index contributed by atoms with van der Waals surface area (Å²) < 4.78 is 4.83. The zero-order chi connectivity index (χ0) is 15.3. The van der Waals surface area contributed by atoms with Crippen LogP contribution in [0.2, 0.25) is 10.0 Å². The molecule has 2 N–H and O–H groups in total. The molecule has 1 aromatic rings. The number of nitrogens with one attached hydrogen (secondary N) is 1. The number of aliphatic hydroxyl groups is 1. The van der Waals surface area contributed by atoms with Gasteiger partial charge in [0.1, 0.15) is 6.10 Å². The Morgan fingerprint density at radius 3 is 2.55 bits per heavy atom. The van der Waals surface area contributed by atoms with E-state index in [-0.39, 0.29) is 17.2 Å². The normalized spacial score (nSPS) is 13.4. The van der Waals surface area contributed by atoms with Crippen LogP contribution in [0.25, 0.3) is 0 Å². The molecule has 0 saturated heterocycles. The van der Waals surface area contributed by atoms with Crippen molar-refractivity contribution >= 4 is 35.1 Å². The number of carbonyl (C=O) groups excluding carboxylic acids is 2. The molecule has 1 aromatic carbocycles. The quantitative estimate of drug-likeness (QED) is 0.815. The summed E-state index contributed by atoms with van der Waals surface area (Å²) in [7, 11) is 0. The summed E-state index contributed by atoms with van der Waals surface area (Å²) in [6, 6.07) is 3.23. The summed E-state index contributed by atoms with van der Waals surface area (Å²) in [4.78, 5) is 23.0. The Hall–Kier alpha value is -1.30. The van der Waals surface area contributed by atoms with E-state index < -0.39 is 24.0 Å². The lowest BCUT2D eigenvalue weighted by molar-refractivity contribution is -0.150. The number of rotatable bonds is 5. The Bertz CT molecular complexity index is 507. The average molecular weight is 320 g/mol. The van der Waals surface area contributed by atoms with Gasteiger partial charge in [-0.3, -0.25) is 4.79 Å². The molecule has 0 fully saturated rings. The number of esters is 1. The van der Waals surface area contributed by atoms with Gasteiger partial charge in [0.15, 0.2) is 6.04 Å². The molecule has 20 heavy (non-hydrogen) atoms. The van der Waals surface area contributed by atoms with Crippen molar-refractivity contribution in [3.8, 4) is 0 Å². The number of ether oxygens (including phenoxy) is 1. The first kappa shape index (κ1) is 16.8. The van der Waals surface area contributed by atoms with Crippen LogP contribution in [0.15, 0.2) is 18.2 Å². The highest BCUT2D eigenvalue weighted by atomic mass is 35.5. The van der Waals surface area contributed by atoms with Crippen molar-refractivity contribution in [3.05, 3.63) is 33.8 Å². The van der Waals surface area contributed by atoms with Gasteiger partial charge in [0, 0.05) is 22.5 Å². The maximum atomic E-state index is 11.8. The zero-order valence-corrected chi connectivity index (χ0v) is 12.5. The van der Waals surface area contributed by atoms with Gasteiger partial charge in [0.05, 0.1) is 6.61 Å². The second kappa shape index (κ2) is 7.47. The highest BCUT2D eigenvalue weighted by molar-refractivity contribution is 6.35. The predicted octanol–water partition coefficient (Wildman–Crippen LogP) is 2.09. The van der Waals surface area contributed by atoms with Gasteiger partial charge in [-0.1, -0.05) is 29.3 Å². The van der Waals surface area contributed by atoms with E-state index >= 15 is 0 Å². The monoisotopic (exact) mass is 319 g/mol. The summed E-state index contributed by atoms with van der Waals surface area (Å²) >= 11 is 11.7. The van der Waals surface area contributed by atoms with Gasteiger partial charge < -0.3 is 15.2 Å². The molecule has 0 aliphatic heterocycles. The van der Waals surface area contributed by atoms with Gasteiger partial charge in [-0.25, -0.2) is 4.79 Å². The first-order valence-electron chi connectivity index (χ1n) is 5.93. The third kappa shape index (κ3) is 4.37. The lowest BCUT2D eigenvalue weighted by Gasteiger charge is -2.23. The molecule has 0 saturated carbocycles. The van der Waals surface area contributed by atoms with E-state index in [0.29, 0.717) is 5.02 Å². The van der Waals surface area contributed by atoms with Gasteiger partial charge in [-0.05, 0) is 19.1 Å². The fraction of sp³-hybridized carbons (Fsp3) is 0.385. The highest BCUT2D eigenvalue weighted by Gasteiger charge is 2.31. The van der Waals surface area contributed by atoms with Gasteiger partial charge >= 0.3 is 5.97 Å². The van der Waals surface area contributed by atoms with Crippen LogP contribution in [-0.4, -0.2) is 29.6 Å². The Morgan fingerprint density at radius 2 is 2.05 bits per heavy atom. The van der Waals surface area contributed by atoms with Crippen LogP contribution < -0.4 is 5.32 Å². The Balaban J connectivity index is 3.05. The third-order valence-corrected chi connectivity index (χ3v) is 3.06. The Labute approximate surface area is 126 Å². The molecule has 0 bridgehead atoms. The number of hydrogen-bond acceptors (Lipinski definition) is 4. The highest BCUT2D eigenvalue weighted by Crippen LogP contribution is 2.28. The largest absolute Gasteiger partial charge is 0.464 e. The van der Waals surface area contributed by atoms with Crippen LogP contribution in [0.5, 0.6) is 0 Å². The molecule has 5 nitrogen and oxygen atoms in total. The van der Waals surface area contributed by atoms with Crippen LogP contribution in [0.1, 0.15) is 25.5 Å². The summed E-state index contributed by atoms with van der Waals surface area (Å²) in [5.74, 6) is -1.20. The van der Waals surface area contributed by atoms with Crippen molar-refractivity contribution in [1.82, 2.24) is 5.32 Å². The minimum Gasteiger partial charge on any atom is -0.464 e.